The predicted octanol–water partition coefficient (Wildman–Crippen LogP) is 4.80. The highest BCUT2D eigenvalue weighted by atomic mass is 16.2. The van der Waals surface area contributed by atoms with E-state index in [2.05, 4.69) is 31.2 Å². The van der Waals surface area contributed by atoms with E-state index in [1.165, 1.54) is 0 Å². The Morgan fingerprint density at radius 3 is 1.38 bits per heavy atom. The zero-order valence-corrected chi connectivity index (χ0v) is 20.5. The van der Waals surface area contributed by atoms with Gasteiger partial charge in [-0.15, -0.1) is 0 Å². The Morgan fingerprint density at radius 1 is 0.568 bits per heavy atom. The zero-order chi connectivity index (χ0) is 25.7. The number of pyridine rings is 2. The van der Waals surface area contributed by atoms with E-state index < -0.39 is 0 Å². The van der Waals surface area contributed by atoms with Gasteiger partial charge in [0, 0.05) is 61.1 Å². The maximum atomic E-state index is 12.1. The van der Waals surface area contributed by atoms with Crippen LogP contribution in [0.5, 0.6) is 0 Å². The van der Waals surface area contributed by atoms with Crippen molar-refractivity contribution in [1.82, 2.24) is 20.6 Å². The SMILES string of the molecule is O=C(NCCc1ccccn1)Nc1ccc(Cc2ccc(NC(=O)NCCc3ccccn3)cc2)cc1. The van der Waals surface area contributed by atoms with Crippen LogP contribution in [0.15, 0.2) is 97.3 Å². The Morgan fingerprint density at radius 2 is 1.00 bits per heavy atom. The van der Waals surface area contributed by atoms with Crippen LogP contribution >= 0.6 is 0 Å². The minimum Gasteiger partial charge on any atom is -0.337 e. The number of amides is 4. The van der Waals surface area contributed by atoms with Gasteiger partial charge in [0.05, 0.1) is 0 Å². The number of benzene rings is 2. The van der Waals surface area contributed by atoms with Gasteiger partial charge in [-0.05, 0) is 66.1 Å². The highest BCUT2D eigenvalue weighted by Crippen LogP contribution is 2.16. The number of hydrogen-bond acceptors (Lipinski definition) is 4. The van der Waals surface area contributed by atoms with Crippen LogP contribution in [0, 0.1) is 0 Å². The molecule has 4 aromatic rings. The Hall–Kier alpha value is -4.72. The summed E-state index contributed by atoms with van der Waals surface area (Å²) in [5, 5.41) is 11.4. The molecule has 4 N–H and O–H groups in total. The summed E-state index contributed by atoms with van der Waals surface area (Å²) < 4.78 is 0. The summed E-state index contributed by atoms with van der Waals surface area (Å²) in [7, 11) is 0. The quantitative estimate of drug-likeness (QED) is 0.254. The van der Waals surface area contributed by atoms with E-state index in [0.717, 1.165) is 40.3 Å². The molecule has 0 saturated heterocycles. The van der Waals surface area contributed by atoms with E-state index in [1.54, 1.807) is 12.4 Å². The number of carbonyl (C=O) groups excluding carboxylic acids is 2. The molecule has 0 saturated carbocycles. The highest BCUT2D eigenvalue weighted by Gasteiger charge is 2.05. The molecule has 0 spiro atoms. The normalized spacial score (nSPS) is 10.4. The van der Waals surface area contributed by atoms with E-state index in [-0.39, 0.29) is 12.1 Å². The van der Waals surface area contributed by atoms with Gasteiger partial charge < -0.3 is 21.3 Å². The van der Waals surface area contributed by atoms with E-state index in [9.17, 15) is 9.59 Å². The molecule has 8 heteroatoms. The second kappa shape index (κ2) is 13.4. The second-order valence-electron chi connectivity index (χ2n) is 8.47. The summed E-state index contributed by atoms with van der Waals surface area (Å²) in [6, 6.07) is 26.5. The first-order chi connectivity index (χ1) is 18.1. The second-order valence-corrected chi connectivity index (χ2v) is 8.47. The first-order valence-corrected chi connectivity index (χ1v) is 12.2. The van der Waals surface area contributed by atoms with Crippen molar-refractivity contribution < 1.29 is 9.59 Å². The van der Waals surface area contributed by atoms with Gasteiger partial charge >= 0.3 is 12.1 Å². The third kappa shape index (κ3) is 8.78. The first-order valence-electron chi connectivity index (χ1n) is 12.2. The van der Waals surface area contributed by atoms with Crippen LogP contribution in [0.4, 0.5) is 21.0 Å². The number of anilines is 2. The Kier molecular flexibility index (Phi) is 9.18. The molecule has 2 aromatic carbocycles. The van der Waals surface area contributed by atoms with Gasteiger partial charge in [0.15, 0.2) is 0 Å². The number of carbonyl (C=O) groups is 2. The predicted molar refractivity (Wildman–Crippen MR) is 146 cm³/mol. The van der Waals surface area contributed by atoms with E-state index in [4.69, 9.17) is 0 Å². The fraction of sp³-hybridized carbons (Fsp3) is 0.172. The fourth-order valence-electron chi connectivity index (χ4n) is 3.70. The molecule has 0 bridgehead atoms. The third-order valence-electron chi connectivity index (χ3n) is 5.62. The molecule has 4 amide bonds. The van der Waals surface area contributed by atoms with Crippen LogP contribution in [-0.4, -0.2) is 35.1 Å². The molecule has 4 rings (SSSR count). The molecule has 0 aliphatic carbocycles. The van der Waals surface area contributed by atoms with Gasteiger partial charge in [-0.1, -0.05) is 36.4 Å². The number of aromatic nitrogens is 2. The van der Waals surface area contributed by atoms with Crippen molar-refractivity contribution in [1.29, 1.82) is 0 Å². The van der Waals surface area contributed by atoms with Crippen molar-refractivity contribution >= 4 is 23.4 Å². The van der Waals surface area contributed by atoms with Crippen molar-refractivity contribution in [3.8, 4) is 0 Å². The minimum atomic E-state index is -0.243. The zero-order valence-electron chi connectivity index (χ0n) is 20.5. The van der Waals surface area contributed by atoms with Crippen molar-refractivity contribution in [3.63, 3.8) is 0 Å². The minimum absolute atomic E-state index is 0.243. The molecule has 0 fully saturated rings. The lowest BCUT2D eigenvalue weighted by Gasteiger charge is -2.10. The van der Waals surface area contributed by atoms with Crippen LogP contribution in [-0.2, 0) is 19.3 Å². The smallest absolute Gasteiger partial charge is 0.319 e. The first kappa shape index (κ1) is 25.4. The lowest BCUT2D eigenvalue weighted by Crippen LogP contribution is -2.30. The van der Waals surface area contributed by atoms with E-state index in [1.807, 2.05) is 84.9 Å². The number of nitrogens with zero attached hydrogens (tertiary/aromatic N) is 2. The largest absolute Gasteiger partial charge is 0.337 e. The number of urea groups is 2. The van der Waals surface area contributed by atoms with Gasteiger partial charge in [0.2, 0.25) is 0 Å². The van der Waals surface area contributed by atoms with Gasteiger partial charge in [-0.25, -0.2) is 9.59 Å². The Bertz CT molecular complexity index is 1160. The third-order valence-corrected chi connectivity index (χ3v) is 5.62. The van der Waals surface area contributed by atoms with Crippen molar-refractivity contribution in [2.24, 2.45) is 0 Å². The molecule has 0 unspecified atom stereocenters. The van der Waals surface area contributed by atoms with Crippen LogP contribution in [0.2, 0.25) is 0 Å². The maximum absolute atomic E-state index is 12.1. The number of rotatable bonds is 10. The summed E-state index contributed by atoms with van der Waals surface area (Å²) in [6.45, 7) is 1.03. The van der Waals surface area contributed by atoms with Gasteiger partial charge in [-0.3, -0.25) is 9.97 Å². The van der Waals surface area contributed by atoms with Gasteiger partial charge in [-0.2, -0.15) is 0 Å². The average molecular weight is 495 g/mol. The van der Waals surface area contributed by atoms with E-state index in [0.29, 0.717) is 25.9 Å². The van der Waals surface area contributed by atoms with Crippen molar-refractivity contribution in [3.05, 3.63) is 120 Å². The molecule has 0 atom stereocenters. The molecule has 0 aliphatic heterocycles. The van der Waals surface area contributed by atoms with Gasteiger partial charge in [0.1, 0.15) is 0 Å². The topological polar surface area (TPSA) is 108 Å². The molecule has 37 heavy (non-hydrogen) atoms. The number of hydrogen-bond donors (Lipinski definition) is 4. The number of nitrogens with one attached hydrogen (secondary N) is 4. The van der Waals surface area contributed by atoms with Crippen molar-refractivity contribution in [2.45, 2.75) is 19.3 Å². The molecule has 188 valence electrons. The molecule has 8 nitrogen and oxygen atoms in total. The molecule has 0 aliphatic rings. The Balaban J connectivity index is 1.17. The molecule has 0 radical (unpaired) electrons. The lowest BCUT2D eigenvalue weighted by atomic mass is 10.0. The highest BCUT2D eigenvalue weighted by molar-refractivity contribution is 5.89. The monoisotopic (exact) mass is 494 g/mol. The summed E-state index contributed by atoms with van der Waals surface area (Å²) in [5.74, 6) is 0. The molecular weight excluding hydrogens is 464 g/mol. The Labute approximate surface area is 216 Å². The van der Waals surface area contributed by atoms with Crippen LogP contribution in [0.1, 0.15) is 22.5 Å². The summed E-state index contributed by atoms with van der Waals surface area (Å²) in [5.41, 5.74) is 5.58. The van der Waals surface area contributed by atoms with Crippen molar-refractivity contribution in [2.75, 3.05) is 23.7 Å². The molecular formula is C29H30N6O2. The molecule has 2 aromatic heterocycles. The van der Waals surface area contributed by atoms with E-state index >= 15 is 0 Å². The summed E-state index contributed by atoms with van der Waals surface area (Å²) >= 11 is 0. The van der Waals surface area contributed by atoms with Crippen LogP contribution in [0.3, 0.4) is 0 Å². The van der Waals surface area contributed by atoms with Gasteiger partial charge in [0.25, 0.3) is 0 Å². The fourth-order valence-corrected chi connectivity index (χ4v) is 3.70. The van der Waals surface area contributed by atoms with Crippen LogP contribution < -0.4 is 21.3 Å². The van der Waals surface area contributed by atoms with Crippen LogP contribution in [0.25, 0.3) is 0 Å². The summed E-state index contributed by atoms with van der Waals surface area (Å²) in [6.07, 6.45) is 5.59. The average Bonchev–Trinajstić information content (AvgIpc) is 2.92. The maximum Gasteiger partial charge on any atom is 0.319 e. The molecule has 2 heterocycles. The lowest BCUT2D eigenvalue weighted by molar-refractivity contribution is 0.251. The summed E-state index contributed by atoms with van der Waals surface area (Å²) in [4.78, 5) is 32.8. The standard InChI is InChI=1S/C29H30N6O2/c36-28(32-19-15-24-5-1-3-17-30-24)34-26-11-7-22(8-12-26)21-23-9-13-27(14-10-23)35-29(37)33-20-16-25-6-2-4-18-31-25/h1-14,17-18H,15-16,19-21H2,(H2,32,34,36)(H2,33,35,37).